The van der Waals surface area contributed by atoms with Crippen LogP contribution >= 0.6 is 0 Å². The van der Waals surface area contributed by atoms with Gasteiger partial charge in [-0.05, 0) is 25.2 Å². The van der Waals surface area contributed by atoms with Gasteiger partial charge in [-0.15, -0.1) is 0 Å². The van der Waals surface area contributed by atoms with Crippen molar-refractivity contribution in [2.45, 2.75) is 57.7 Å². The fraction of sp³-hybridized carbons (Fsp3) is 0.706. The second-order valence-electron chi connectivity index (χ2n) is 7.20. The highest BCUT2D eigenvalue weighted by atomic mass is 16.4. The number of aliphatic carboxylic acids is 2. The van der Waals surface area contributed by atoms with Crippen LogP contribution in [-0.2, 0) is 24.0 Å². The van der Waals surface area contributed by atoms with Gasteiger partial charge in [0.2, 0.25) is 17.7 Å². The predicted octanol–water partition coefficient (Wildman–Crippen LogP) is -1.49. The van der Waals surface area contributed by atoms with E-state index in [4.69, 9.17) is 15.9 Å². The number of rotatable bonds is 10. The van der Waals surface area contributed by atoms with Crippen LogP contribution in [0.1, 0.15) is 39.5 Å². The molecular formula is C17H28N4O7. The maximum absolute atomic E-state index is 12.3. The molecule has 1 fully saturated rings. The van der Waals surface area contributed by atoms with Crippen molar-refractivity contribution in [1.29, 1.82) is 0 Å². The van der Waals surface area contributed by atoms with Gasteiger partial charge in [0.25, 0.3) is 0 Å². The Kier molecular flexibility index (Phi) is 8.83. The molecule has 0 aliphatic carbocycles. The fourth-order valence-electron chi connectivity index (χ4n) is 2.99. The summed E-state index contributed by atoms with van der Waals surface area (Å²) in [6, 6.07) is -3.23. The van der Waals surface area contributed by atoms with Gasteiger partial charge >= 0.3 is 11.9 Å². The van der Waals surface area contributed by atoms with E-state index >= 15 is 0 Å². The Morgan fingerprint density at radius 3 is 2.32 bits per heavy atom. The summed E-state index contributed by atoms with van der Waals surface area (Å²) in [5.41, 5.74) is 5.74. The topological polar surface area (TPSA) is 179 Å². The summed E-state index contributed by atoms with van der Waals surface area (Å²) in [5, 5.41) is 22.6. The highest BCUT2D eigenvalue weighted by Crippen LogP contribution is 2.17. The summed E-state index contributed by atoms with van der Waals surface area (Å²) in [5.74, 6) is -4.40. The smallest absolute Gasteiger partial charge is 0.326 e. The molecule has 3 unspecified atom stereocenters. The van der Waals surface area contributed by atoms with Crippen LogP contribution in [0.25, 0.3) is 0 Å². The van der Waals surface area contributed by atoms with Crippen LogP contribution in [0, 0.1) is 5.92 Å². The Hall–Kier alpha value is -2.69. The van der Waals surface area contributed by atoms with Crippen molar-refractivity contribution in [3.63, 3.8) is 0 Å². The Morgan fingerprint density at radius 1 is 1.14 bits per heavy atom. The number of carboxylic acids is 2. The molecule has 0 spiro atoms. The van der Waals surface area contributed by atoms with Gasteiger partial charge in [-0.1, -0.05) is 13.8 Å². The van der Waals surface area contributed by atoms with E-state index in [2.05, 4.69) is 10.6 Å². The molecule has 11 nitrogen and oxygen atoms in total. The minimum Gasteiger partial charge on any atom is -0.481 e. The first-order valence-corrected chi connectivity index (χ1v) is 9.10. The van der Waals surface area contributed by atoms with Crippen LogP contribution in [0.3, 0.4) is 0 Å². The van der Waals surface area contributed by atoms with Crippen molar-refractivity contribution >= 4 is 29.7 Å². The molecule has 6 N–H and O–H groups in total. The standard InChI is InChI=1S/C17H28N4O7/c1-9(2)6-10(18)15(25)20-11(7-14(23)24)16(26)19-8-13(22)21-5-3-4-12(21)17(27)28/h9-12H,3-8,18H2,1-2H3,(H,19,26)(H,20,25)(H,23,24)(H,27,28). The molecule has 0 radical (unpaired) electrons. The molecule has 0 aromatic heterocycles. The second-order valence-corrected chi connectivity index (χ2v) is 7.20. The van der Waals surface area contributed by atoms with E-state index in [-0.39, 0.29) is 12.5 Å². The van der Waals surface area contributed by atoms with Gasteiger partial charge in [0.1, 0.15) is 12.1 Å². The lowest BCUT2D eigenvalue weighted by molar-refractivity contribution is -0.148. The Morgan fingerprint density at radius 2 is 1.79 bits per heavy atom. The quantitative estimate of drug-likeness (QED) is 0.294. The highest BCUT2D eigenvalue weighted by Gasteiger charge is 2.34. The van der Waals surface area contributed by atoms with E-state index in [1.807, 2.05) is 13.8 Å². The number of carbonyl (C=O) groups excluding carboxylic acids is 3. The fourth-order valence-corrected chi connectivity index (χ4v) is 2.99. The summed E-state index contributed by atoms with van der Waals surface area (Å²) < 4.78 is 0. The van der Waals surface area contributed by atoms with Crippen LogP contribution in [0.15, 0.2) is 0 Å². The van der Waals surface area contributed by atoms with Crippen molar-refractivity contribution in [1.82, 2.24) is 15.5 Å². The number of carboxylic acid groups (broad SMARTS) is 2. The van der Waals surface area contributed by atoms with Gasteiger partial charge in [0.15, 0.2) is 0 Å². The summed E-state index contributed by atoms with van der Waals surface area (Å²) in [6.07, 6.45) is 0.557. The largest absolute Gasteiger partial charge is 0.481 e. The first-order valence-electron chi connectivity index (χ1n) is 9.10. The van der Waals surface area contributed by atoms with Crippen LogP contribution < -0.4 is 16.4 Å². The second kappa shape index (κ2) is 10.6. The lowest BCUT2D eigenvalue weighted by Crippen LogP contribution is -2.54. The third-order valence-electron chi connectivity index (χ3n) is 4.35. The molecule has 1 saturated heterocycles. The SMILES string of the molecule is CC(C)CC(N)C(=O)NC(CC(=O)O)C(=O)NCC(=O)N1CCCC1C(=O)O. The molecule has 0 aromatic carbocycles. The first-order chi connectivity index (χ1) is 13.0. The monoisotopic (exact) mass is 400 g/mol. The zero-order valence-electron chi connectivity index (χ0n) is 16.0. The van der Waals surface area contributed by atoms with Crippen molar-refractivity contribution in [2.75, 3.05) is 13.1 Å². The predicted molar refractivity (Wildman–Crippen MR) is 97.0 cm³/mol. The van der Waals surface area contributed by atoms with E-state index in [9.17, 15) is 24.0 Å². The Labute approximate surface area is 162 Å². The van der Waals surface area contributed by atoms with Crippen LogP contribution in [0.4, 0.5) is 0 Å². The number of hydrogen-bond acceptors (Lipinski definition) is 6. The van der Waals surface area contributed by atoms with E-state index in [1.54, 1.807) is 0 Å². The van der Waals surface area contributed by atoms with E-state index in [1.165, 1.54) is 0 Å². The van der Waals surface area contributed by atoms with Gasteiger partial charge < -0.3 is 31.5 Å². The molecule has 0 aromatic rings. The summed E-state index contributed by atoms with van der Waals surface area (Å²) in [7, 11) is 0. The zero-order chi connectivity index (χ0) is 21.4. The number of hydrogen-bond donors (Lipinski definition) is 5. The molecule has 1 aliphatic heterocycles. The first kappa shape index (κ1) is 23.3. The van der Waals surface area contributed by atoms with Gasteiger partial charge in [-0.25, -0.2) is 4.79 Å². The van der Waals surface area contributed by atoms with Crippen LogP contribution in [0.2, 0.25) is 0 Å². The molecule has 0 bridgehead atoms. The number of likely N-dealkylation sites (tertiary alicyclic amines) is 1. The summed E-state index contributed by atoms with van der Waals surface area (Å²) in [4.78, 5) is 59.9. The molecule has 0 saturated carbocycles. The summed E-state index contributed by atoms with van der Waals surface area (Å²) >= 11 is 0. The van der Waals surface area contributed by atoms with Gasteiger partial charge in [-0.2, -0.15) is 0 Å². The minimum atomic E-state index is -1.40. The Balaban J connectivity index is 2.66. The van der Waals surface area contributed by atoms with E-state index in [0.717, 1.165) is 4.90 Å². The van der Waals surface area contributed by atoms with Crippen molar-refractivity contribution < 1.29 is 34.2 Å². The number of amides is 3. The average Bonchev–Trinajstić information content (AvgIpc) is 3.07. The number of carbonyl (C=O) groups is 5. The maximum Gasteiger partial charge on any atom is 0.326 e. The van der Waals surface area contributed by atoms with Crippen LogP contribution in [0.5, 0.6) is 0 Å². The molecule has 28 heavy (non-hydrogen) atoms. The Bertz CT molecular complexity index is 623. The third kappa shape index (κ3) is 7.14. The molecule has 158 valence electrons. The molecule has 1 rings (SSSR count). The summed E-state index contributed by atoms with van der Waals surface area (Å²) in [6.45, 7) is 3.50. The molecule has 3 atom stereocenters. The normalized spacial score (nSPS) is 18.4. The minimum absolute atomic E-state index is 0.132. The van der Waals surface area contributed by atoms with Gasteiger partial charge in [0.05, 0.1) is 19.0 Å². The van der Waals surface area contributed by atoms with Crippen molar-refractivity contribution in [2.24, 2.45) is 11.7 Å². The molecule has 1 heterocycles. The lowest BCUT2D eigenvalue weighted by atomic mass is 10.0. The zero-order valence-corrected chi connectivity index (χ0v) is 16.0. The average molecular weight is 400 g/mol. The number of nitrogens with zero attached hydrogens (tertiary/aromatic N) is 1. The third-order valence-corrected chi connectivity index (χ3v) is 4.35. The van der Waals surface area contributed by atoms with Gasteiger partial charge in [0, 0.05) is 6.54 Å². The number of nitrogens with one attached hydrogen (secondary N) is 2. The molecule has 11 heteroatoms. The van der Waals surface area contributed by atoms with Crippen molar-refractivity contribution in [3.8, 4) is 0 Å². The molecular weight excluding hydrogens is 372 g/mol. The maximum atomic E-state index is 12.3. The number of nitrogens with two attached hydrogens (primary N) is 1. The van der Waals surface area contributed by atoms with Crippen LogP contribution in [-0.4, -0.2) is 76.0 Å². The molecule has 1 aliphatic rings. The van der Waals surface area contributed by atoms with Crippen molar-refractivity contribution in [3.05, 3.63) is 0 Å². The lowest BCUT2D eigenvalue weighted by Gasteiger charge is -2.23. The molecule has 3 amide bonds. The highest BCUT2D eigenvalue weighted by molar-refractivity contribution is 5.94. The van der Waals surface area contributed by atoms with Gasteiger partial charge in [-0.3, -0.25) is 19.2 Å². The van der Waals surface area contributed by atoms with E-state index < -0.39 is 60.8 Å². The van der Waals surface area contributed by atoms with E-state index in [0.29, 0.717) is 19.3 Å².